The van der Waals surface area contributed by atoms with Crippen molar-refractivity contribution in [3.63, 3.8) is 0 Å². The molecule has 2 heterocycles. The number of pyridine rings is 1. The maximum Gasteiger partial charge on any atom is 0.337 e. The van der Waals surface area contributed by atoms with Gasteiger partial charge in [-0.1, -0.05) is 31.2 Å². The largest absolute Gasteiger partial charge is 0.478 e. The first-order valence-electron chi connectivity index (χ1n) is 6.95. The molecule has 1 aromatic heterocycles. The van der Waals surface area contributed by atoms with Crippen LogP contribution in [0.25, 0.3) is 10.8 Å². The number of anilines is 1. The fourth-order valence-electron chi connectivity index (χ4n) is 3.17. The number of benzene rings is 1. The molecule has 0 radical (unpaired) electrons. The number of hydrogen-bond donors (Lipinski definition) is 1. The van der Waals surface area contributed by atoms with Crippen LogP contribution in [0.1, 0.15) is 30.6 Å². The molecule has 0 spiro atoms. The van der Waals surface area contributed by atoms with E-state index < -0.39 is 5.97 Å². The Labute approximate surface area is 118 Å². The summed E-state index contributed by atoms with van der Waals surface area (Å²) in [5.41, 5.74) is 0.268. The number of carboxylic acid groups (broad SMARTS) is 1. The van der Waals surface area contributed by atoms with Crippen LogP contribution in [0, 0.1) is 5.92 Å². The van der Waals surface area contributed by atoms with Gasteiger partial charge in [0.1, 0.15) is 5.82 Å². The molecule has 1 aromatic carbocycles. The molecule has 2 atom stereocenters. The van der Waals surface area contributed by atoms with E-state index in [1.807, 2.05) is 24.3 Å². The fraction of sp³-hybridized carbons (Fsp3) is 0.375. The second-order valence-corrected chi connectivity index (χ2v) is 5.69. The standard InChI is InChI=1S/C16H18N2O2/c1-10-7-11(2)18(9-10)15-13-6-4-3-5-12(13)14(8-17-15)16(19)20/h3-6,8,10-11H,7,9H2,1-2H3,(H,19,20). The minimum atomic E-state index is -0.928. The van der Waals surface area contributed by atoms with E-state index in [1.54, 1.807) is 0 Å². The maximum absolute atomic E-state index is 11.3. The topological polar surface area (TPSA) is 53.4 Å². The summed E-state index contributed by atoms with van der Waals surface area (Å²) < 4.78 is 0. The van der Waals surface area contributed by atoms with Crippen molar-refractivity contribution < 1.29 is 9.90 Å². The lowest BCUT2D eigenvalue weighted by Crippen LogP contribution is -2.28. The highest BCUT2D eigenvalue weighted by molar-refractivity contribution is 6.06. The molecule has 1 aliphatic rings. The lowest BCUT2D eigenvalue weighted by atomic mass is 10.1. The SMILES string of the molecule is CC1CC(C)N(c2ncc(C(=O)O)c3ccccc23)C1. The number of fused-ring (bicyclic) bond motifs is 1. The Kier molecular flexibility index (Phi) is 3.08. The number of aromatic nitrogens is 1. The fourth-order valence-corrected chi connectivity index (χ4v) is 3.17. The highest BCUT2D eigenvalue weighted by Crippen LogP contribution is 2.33. The predicted octanol–water partition coefficient (Wildman–Crippen LogP) is 3.17. The third kappa shape index (κ3) is 2.01. The minimum absolute atomic E-state index is 0.268. The van der Waals surface area contributed by atoms with E-state index >= 15 is 0 Å². The first-order chi connectivity index (χ1) is 9.58. The third-order valence-electron chi connectivity index (χ3n) is 4.06. The summed E-state index contributed by atoms with van der Waals surface area (Å²) in [6, 6.07) is 8.06. The van der Waals surface area contributed by atoms with Crippen molar-refractivity contribution >= 4 is 22.6 Å². The lowest BCUT2D eigenvalue weighted by Gasteiger charge is -2.24. The van der Waals surface area contributed by atoms with Crippen molar-refractivity contribution in [2.24, 2.45) is 5.92 Å². The summed E-state index contributed by atoms with van der Waals surface area (Å²) >= 11 is 0. The monoisotopic (exact) mass is 270 g/mol. The Morgan fingerprint density at radius 2 is 2.00 bits per heavy atom. The Morgan fingerprint density at radius 1 is 1.30 bits per heavy atom. The van der Waals surface area contributed by atoms with Gasteiger partial charge in [-0.05, 0) is 19.3 Å². The van der Waals surface area contributed by atoms with Gasteiger partial charge in [0, 0.05) is 29.6 Å². The summed E-state index contributed by atoms with van der Waals surface area (Å²) in [6.45, 7) is 5.42. The Morgan fingerprint density at radius 3 is 2.60 bits per heavy atom. The maximum atomic E-state index is 11.3. The molecular formula is C16H18N2O2. The van der Waals surface area contributed by atoms with Crippen LogP contribution in [-0.2, 0) is 0 Å². The summed E-state index contributed by atoms with van der Waals surface area (Å²) in [5, 5.41) is 11.0. The van der Waals surface area contributed by atoms with E-state index in [-0.39, 0.29) is 5.56 Å². The van der Waals surface area contributed by atoms with E-state index in [0.717, 1.165) is 29.6 Å². The van der Waals surface area contributed by atoms with Crippen LogP contribution < -0.4 is 4.90 Å². The molecule has 4 nitrogen and oxygen atoms in total. The van der Waals surface area contributed by atoms with Gasteiger partial charge in [0.2, 0.25) is 0 Å². The summed E-state index contributed by atoms with van der Waals surface area (Å²) in [4.78, 5) is 18.0. The molecule has 4 heteroatoms. The quantitative estimate of drug-likeness (QED) is 0.910. The van der Waals surface area contributed by atoms with Gasteiger partial charge in [-0.15, -0.1) is 0 Å². The lowest BCUT2D eigenvalue weighted by molar-refractivity contribution is 0.0698. The second-order valence-electron chi connectivity index (χ2n) is 5.69. The van der Waals surface area contributed by atoms with Gasteiger partial charge in [0.15, 0.2) is 0 Å². The number of rotatable bonds is 2. The number of aromatic carboxylic acids is 1. The van der Waals surface area contributed by atoms with Gasteiger partial charge < -0.3 is 10.0 Å². The van der Waals surface area contributed by atoms with Crippen molar-refractivity contribution in [1.29, 1.82) is 0 Å². The molecule has 0 saturated carbocycles. The Hall–Kier alpha value is -2.10. The number of nitrogens with zero attached hydrogens (tertiary/aromatic N) is 2. The molecule has 2 unspecified atom stereocenters. The first-order valence-corrected chi connectivity index (χ1v) is 6.95. The zero-order valence-corrected chi connectivity index (χ0v) is 11.7. The number of hydrogen-bond acceptors (Lipinski definition) is 3. The summed E-state index contributed by atoms with van der Waals surface area (Å²) in [5.74, 6) is 0.621. The molecule has 3 rings (SSSR count). The molecule has 2 aromatic rings. The minimum Gasteiger partial charge on any atom is -0.478 e. The number of carbonyl (C=O) groups is 1. The smallest absolute Gasteiger partial charge is 0.337 e. The van der Waals surface area contributed by atoms with Crippen LogP contribution in [0.4, 0.5) is 5.82 Å². The molecule has 104 valence electrons. The predicted molar refractivity (Wildman–Crippen MR) is 79.3 cm³/mol. The van der Waals surface area contributed by atoms with E-state index in [2.05, 4.69) is 23.7 Å². The summed E-state index contributed by atoms with van der Waals surface area (Å²) in [6.07, 6.45) is 2.63. The van der Waals surface area contributed by atoms with Crippen LogP contribution in [0.3, 0.4) is 0 Å². The first kappa shape index (κ1) is 12.9. The van der Waals surface area contributed by atoms with Crippen LogP contribution in [0.2, 0.25) is 0 Å². The molecule has 1 fully saturated rings. The van der Waals surface area contributed by atoms with Crippen LogP contribution in [-0.4, -0.2) is 28.6 Å². The van der Waals surface area contributed by atoms with Crippen LogP contribution in [0.15, 0.2) is 30.5 Å². The highest BCUT2D eigenvalue weighted by Gasteiger charge is 2.28. The van der Waals surface area contributed by atoms with Gasteiger partial charge in [-0.25, -0.2) is 9.78 Å². The zero-order chi connectivity index (χ0) is 14.3. The Bertz CT molecular complexity index is 669. The molecule has 20 heavy (non-hydrogen) atoms. The van der Waals surface area contributed by atoms with E-state index in [4.69, 9.17) is 0 Å². The van der Waals surface area contributed by atoms with Crippen LogP contribution in [0.5, 0.6) is 0 Å². The normalized spacial score (nSPS) is 22.4. The average Bonchev–Trinajstić information content (AvgIpc) is 2.76. The highest BCUT2D eigenvalue weighted by atomic mass is 16.4. The molecule has 1 aliphatic heterocycles. The molecule has 0 amide bonds. The van der Waals surface area contributed by atoms with E-state index in [1.165, 1.54) is 6.20 Å². The second kappa shape index (κ2) is 4.78. The third-order valence-corrected chi connectivity index (χ3v) is 4.06. The Balaban J connectivity index is 2.18. The van der Waals surface area contributed by atoms with E-state index in [0.29, 0.717) is 12.0 Å². The van der Waals surface area contributed by atoms with E-state index in [9.17, 15) is 9.90 Å². The van der Waals surface area contributed by atoms with Gasteiger partial charge in [-0.2, -0.15) is 0 Å². The van der Waals surface area contributed by atoms with Crippen molar-refractivity contribution in [1.82, 2.24) is 4.98 Å². The van der Waals surface area contributed by atoms with Gasteiger partial charge in [0.05, 0.1) is 5.56 Å². The van der Waals surface area contributed by atoms with Crippen molar-refractivity contribution in [2.45, 2.75) is 26.3 Å². The average molecular weight is 270 g/mol. The van der Waals surface area contributed by atoms with Gasteiger partial charge in [0.25, 0.3) is 0 Å². The van der Waals surface area contributed by atoms with Crippen LogP contribution >= 0.6 is 0 Å². The van der Waals surface area contributed by atoms with Gasteiger partial charge in [-0.3, -0.25) is 0 Å². The van der Waals surface area contributed by atoms with Crippen molar-refractivity contribution in [3.05, 3.63) is 36.0 Å². The summed E-state index contributed by atoms with van der Waals surface area (Å²) in [7, 11) is 0. The molecule has 1 saturated heterocycles. The zero-order valence-electron chi connectivity index (χ0n) is 11.7. The molecule has 1 N–H and O–H groups in total. The van der Waals surface area contributed by atoms with Gasteiger partial charge >= 0.3 is 5.97 Å². The number of carboxylic acids is 1. The molecule has 0 aliphatic carbocycles. The van der Waals surface area contributed by atoms with Crippen molar-refractivity contribution in [2.75, 3.05) is 11.4 Å². The van der Waals surface area contributed by atoms with Crippen molar-refractivity contribution in [3.8, 4) is 0 Å². The molecule has 0 bridgehead atoms. The molecular weight excluding hydrogens is 252 g/mol.